The molecule has 2 aromatic rings. The average Bonchev–Trinajstić information content (AvgIpc) is 2.33. The Balaban J connectivity index is 2.99. The second-order valence-electron chi connectivity index (χ2n) is 1.89. The molecule has 0 amide bonds. The highest BCUT2D eigenvalue weighted by atomic mass is 16.3. The predicted molar refractivity (Wildman–Crippen MR) is 34.6 cm³/mol. The van der Waals surface area contributed by atoms with Crippen LogP contribution < -0.4 is 5.69 Å². The van der Waals surface area contributed by atoms with Crippen molar-refractivity contribution in [3.8, 4) is 0 Å². The van der Waals surface area contributed by atoms with E-state index in [9.17, 15) is 4.79 Å². The molecule has 50 valence electrons. The van der Waals surface area contributed by atoms with Gasteiger partial charge < -0.3 is 4.42 Å². The number of nitrogens with one attached hydrogen (secondary N) is 1. The van der Waals surface area contributed by atoms with Crippen molar-refractivity contribution < 1.29 is 4.42 Å². The van der Waals surface area contributed by atoms with Gasteiger partial charge in [0, 0.05) is 6.20 Å². The first-order valence-electron chi connectivity index (χ1n) is 2.79. The van der Waals surface area contributed by atoms with Crippen LogP contribution in [0, 0.1) is 0 Å². The fourth-order valence-electron chi connectivity index (χ4n) is 0.780. The normalized spacial score (nSPS) is 10.4. The van der Waals surface area contributed by atoms with Crippen LogP contribution in [0.25, 0.3) is 11.1 Å². The Labute approximate surface area is 55.5 Å². The Morgan fingerprint density at radius 2 is 2.50 bits per heavy atom. The maximum atomic E-state index is 10.6. The number of fused-ring (bicyclic) bond motifs is 1. The molecule has 0 bridgehead atoms. The van der Waals surface area contributed by atoms with Gasteiger partial charge in [-0.3, -0.25) is 4.98 Å². The van der Waals surface area contributed by atoms with E-state index in [0.29, 0.717) is 5.71 Å². The molecule has 0 spiro atoms. The van der Waals surface area contributed by atoms with E-state index < -0.39 is 0 Å². The number of H-pyrrole nitrogens is 1. The monoisotopic (exact) mass is 136 g/mol. The number of hydrogen-bond acceptors (Lipinski definition) is 3. The lowest BCUT2D eigenvalue weighted by Crippen LogP contribution is -2.07. The summed E-state index contributed by atoms with van der Waals surface area (Å²) >= 11 is 0. The van der Waals surface area contributed by atoms with Crippen LogP contribution in [0.1, 0.15) is 0 Å². The van der Waals surface area contributed by atoms with E-state index in [1.54, 1.807) is 6.07 Å². The third kappa shape index (κ3) is 0.621. The van der Waals surface area contributed by atoms with E-state index in [0.717, 1.165) is 5.39 Å². The highest BCUT2D eigenvalue weighted by Crippen LogP contribution is 2.06. The van der Waals surface area contributed by atoms with Gasteiger partial charge in [-0.2, -0.15) is 0 Å². The summed E-state index contributed by atoms with van der Waals surface area (Å²) in [6, 6.07) is 1.73. The fraction of sp³-hybridized carbons (Fsp3) is 0. The minimum Gasteiger partial charge on any atom is -0.448 e. The maximum Gasteiger partial charge on any atom is 0.347 e. The van der Waals surface area contributed by atoms with Crippen molar-refractivity contribution in [3.63, 3.8) is 0 Å². The zero-order valence-corrected chi connectivity index (χ0v) is 5.00. The number of aromatic nitrogens is 2. The van der Waals surface area contributed by atoms with E-state index in [1.165, 1.54) is 12.5 Å². The molecule has 1 N–H and O–H groups in total. The molecule has 2 heterocycles. The zero-order valence-electron chi connectivity index (χ0n) is 5.00. The summed E-state index contributed by atoms with van der Waals surface area (Å²) in [7, 11) is 0. The standard InChI is InChI=1S/C6H4N2O2/c9-6-7-3-4-1-2-10-5(4)8-6/h1-3H,(H,7,8,9). The van der Waals surface area contributed by atoms with Crippen LogP contribution in [0.5, 0.6) is 0 Å². The highest BCUT2D eigenvalue weighted by molar-refractivity contribution is 5.70. The van der Waals surface area contributed by atoms with Crippen LogP contribution in [0.15, 0.2) is 27.7 Å². The van der Waals surface area contributed by atoms with E-state index >= 15 is 0 Å². The molecule has 0 radical (unpaired) electrons. The van der Waals surface area contributed by atoms with Crippen LogP contribution >= 0.6 is 0 Å². The Morgan fingerprint density at radius 3 is 3.40 bits per heavy atom. The van der Waals surface area contributed by atoms with Crippen LogP contribution in [-0.2, 0) is 0 Å². The van der Waals surface area contributed by atoms with Gasteiger partial charge in [-0.05, 0) is 6.07 Å². The molecule has 4 heteroatoms. The Morgan fingerprint density at radius 1 is 1.60 bits per heavy atom. The quantitative estimate of drug-likeness (QED) is 0.574. The second-order valence-corrected chi connectivity index (χ2v) is 1.89. The molecule has 0 fully saturated rings. The van der Waals surface area contributed by atoms with Gasteiger partial charge in [-0.15, -0.1) is 0 Å². The number of furan rings is 1. The van der Waals surface area contributed by atoms with Crippen molar-refractivity contribution in [3.05, 3.63) is 29.0 Å². The predicted octanol–water partition coefficient (Wildman–Crippen LogP) is 0.516. The van der Waals surface area contributed by atoms with Gasteiger partial charge in [-0.25, -0.2) is 9.78 Å². The summed E-state index contributed by atoms with van der Waals surface area (Å²) in [5, 5.41) is 0.805. The largest absolute Gasteiger partial charge is 0.448 e. The number of nitrogens with zero attached hydrogens (tertiary/aromatic N) is 1. The van der Waals surface area contributed by atoms with Crippen molar-refractivity contribution in [2.75, 3.05) is 0 Å². The third-order valence-corrected chi connectivity index (χ3v) is 1.24. The Bertz CT molecular complexity index is 401. The molecule has 0 aliphatic carbocycles. The van der Waals surface area contributed by atoms with Crippen molar-refractivity contribution in [2.24, 2.45) is 0 Å². The van der Waals surface area contributed by atoms with Crippen LogP contribution in [0.4, 0.5) is 0 Å². The lowest BCUT2D eigenvalue weighted by Gasteiger charge is -1.82. The van der Waals surface area contributed by atoms with Gasteiger partial charge >= 0.3 is 5.69 Å². The minimum absolute atomic E-state index is 0.387. The van der Waals surface area contributed by atoms with E-state index in [-0.39, 0.29) is 5.69 Å². The summed E-state index contributed by atoms with van der Waals surface area (Å²) in [6.07, 6.45) is 2.97. The molecular weight excluding hydrogens is 132 g/mol. The summed E-state index contributed by atoms with van der Waals surface area (Å²) in [4.78, 5) is 16.5. The van der Waals surface area contributed by atoms with Crippen molar-refractivity contribution >= 4 is 11.1 Å². The molecule has 0 atom stereocenters. The van der Waals surface area contributed by atoms with E-state index in [4.69, 9.17) is 4.42 Å². The zero-order chi connectivity index (χ0) is 6.97. The molecule has 0 aliphatic rings. The topological polar surface area (TPSA) is 58.9 Å². The summed E-state index contributed by atoms with van der Waals surface area (Å²) < 4.78 is 4.90. The molecule has 2 aromatic heterocycles. The Hall–Kier alpha value is -1.58. The lowest BCUT2D eigenvalue weighted by atomic mass is 10.4. The molecule has 2 rings (SSSR count). The maximum absolute atomic E-state index is 10.6. The van der Waals surface area contributed by atoms with Crippen LogP contribution in [0.3, 0.4) is 0 Å². The first kappa shape index (κ1) is 5.22. The molecule has 4 nitrogen and oxygen atoms in total. The van der Waals surface area contributed by atoms with Crippen LogP contribution in [-0.4, -0.2) is 9.97 Å². The summed E-state index contributed by atoms with van der Waals surface area (Å²) in [5.74, 6) is 0. The van der Waals surface area contributed by atoms with Gasteiger partial charge in [0.25, 0.3) is 0 Å². The SMILES string of the molecule is O=c1ncc2ccoc2[nH]1. The van der Waals surface area contributed by atoms with Gasteiger partial charge in [0.2, 0.25) is 5.71 Å². The molecule has 10 heavy (non-hydrogen) atoms. The molecular formula is C6H4N2O2. The van der Waals surface area contributed by atoms with Crippen molar-refractivity contribution in [1.82, 2.24) is 9.97 Å². The summed E-state index contributed by atoms with van der Waals surface area (Å²) in [5.41, 5.74) is 0.0856. The fourth-order valence-corrected chi connectivity index (χ4v) is 0.780. The van der Waals surface area contributed by atoms with E-state index in [2.05, 4.69) is 9.97 Å². The van der Waals surface area contributed by atoms with Gasteiger partial charge in [0.1, 0.15) is 0 Å². The molecule has 0 unspecified atom stereocenters. The molecule has 0 aromatic carbocycles. The molecule has 0 aliphatic heterocycles. The summed E-state index contributed by atoms with van der Waals surface area (Å²) in [6.45, 7) is 0. The molecule has 0 saturated heterocycles. The smallest absolute Gasteiger partial charge is 0.347 e. The van der Waals surface area contributed by atoms with Gasteiger partial charge in [0.15, 0.2) is 0 Å². The van der Waals surface area contributed by atoms with Gasteiger partial charge in [-0.1, -0.05) is 0 Å². The van der Waals surface area contributed by atoms with Crippen molar-refractivity contribution in [1.29, 1.82) is 0 Å². The van der Waals surface area contributed by atoms with Crippen molar-refractivity contribution in [2.45, 2.75) is 0 Å². The minimum atomic E-state index is -0.387. The number of aromatic amines is 1. The number of rotatable bonds is 0. The number of hydrogen-bond donors (Lipinski definition) is 1. The van der Waals surface area contributed by atoms with E-state index in [1.807, 2.05) is 0 Å². The van der Waals surface area contributed by atoms with Crippen LogP contribution in [0.2, 0.25) is 0 Å². The first-order valence-corrected chi connectivity index (χ1v) is 2.79. The van der Waals surface area contributed by atoms with Gasteiger partial charge in [0.05, 0.1) is 11.6 Å². The highest BCUT2D eigenvalue weighted by Gasteiger charge is 1.94. The third-order valence-electron chi connectivity index (χ3n) is 1.24. The Kier molecular flexibility index (Phi) is 0.887. The first-order chi connectivity index (χ1) is 4.86. The lowest BCUT2D eigenvalue weighted by molar-refractivity contribution is 0.600. The average molecular weight is 136 g/mol. The molecule has 0 saturated carbocycles. The second kappa shape index (κ2) is 1.70.